The smallest absolute Gasteiger partial charge is 0.308 e. The lowest BCUT2D eigenvalue weighted by Gasteiger charge is -2.12. The van der Waals surface area contributed by atoms with Crippen molar-refractivity contribution in [3.63, 3.8) is 0 Å². The fourth-order valence-electron chi connectivity index (χ4n) is 0.693. The van der Waals surface area contributed by atoms with E-state index in [-0.39, 0.29) is 18.5 Å². The number of carbonyl (C=O) groups excluding carboxylic acids is 1. The minimum Gasteiger partial charge on any atom is -0.463 e. The highest BCUT2D eigenvalue weighted by molar-refractivity contribution is 5.70. The van der Waals surface area contributed by atoms with E-state index in [0.29, 0.717) is 6.42 Å². The lowest BCUT2D eigenvalue weighted by Crippen LogP contribution is -2.19. The van der Waals surface area contributed by atoms with Gasteiger partial charge in [-0.25, -0.2) is 0 Å². The van der Waals surface area contributed by atoms with E-state index in [1.165, 1.54) is 0 Å². The molecule has 0 aliphatic carbocycles. The van der Waals surface area contributed by atoms with Crippen LogP contribution in [0.2, 0.25) is 0 Å². The molecule has 0 saturated carbocycles. The van der Waals surface area contributed by atoms with Crippen LogP contribution < -0.4 is 0 Å². The van der Waals surface area contributed by atoms with Crippen molar-refractivity contribution in [2.45, 2.75) is 52.2 Å². The highest BCUT2D eigenvalue weighted by Crippen LogP contribution is 2.03. The van der Waals surface area contributed by atoms with Gasteiger partial charge in [0.2, 0.25) is 0 Å². The Morgan fingerprint density at radius 1 is 1.42 bits per heavy atom. The predicted octanol–water partition coefficient (Wildman–Crippen LogP) is 1.49. The summed E-state index contributed by atoms with van der Waals surface area (Å²) in [6, 6.07) is 0. The first-order valence-corrected chi connectivity index (χ1v) is 4.47. The van der Waals surface area contributed by atoms with E-state index in [9.17, 15) is 4.79 Å². The van der Waals surface area contributed by atoms with Gasteiger partial charge in [-0.15, -0.1) is 0 Å². The van der Waals surface area contributed by atoms with Gasteiger partial charge in [0.15, 0.2) is 0 Å². The van der Waals surface area contributed by atoms with Crippen molar-refractivity contribution in [1.82, 2.24) is 0 Å². The molecule has 0 fully saturated rings. The van der Waals surface area contributed by atoms with Gasteiger partial charge in [-0.3, -0.25) is 4.79 Å². The molecular weight excluding hydrogens is 156 g/mol. The molecule has 0 amide bonds. The number of hydrogen-bond acceptors (Lipinski definition) is 3. The Morgan fingerprint density at radius 2 is 2.00 bits per heavy atom. The number of hydrogen-bond donors (Lipinski definition) is 1. The van der Waals surface area contributed by atoms with E-state index < -0.39 is 6.10 Å². The molecule has 0 heterocycles. The second-order valence-electron chi connectivity index (χ2n) is 2.97. The third kappa shape index (κ3) is 5.13. The second kappa shape index (κ2) is 6.00. The van der Waals surface area contributed by atoms with Gasteiger partial charge in [-0.1, -0.05) is 13.8 Å². The van der Waals surface area contributed by atoms with Crippen LogP contribution in [0.4, 0.5) is 0 Å². The molecule has 2 unspecified atom stereocenters. The first-order valence-electron chi connectivity index (χ1n) is 4.47. The molecule has 3 nitrogen and oxygen atoms in total. The van der Waals surface area contributed by atoms with Crippen LogP contribution in [0.25, 0.3) is 0 Å². The summed E-state index contributed by atoms with van der Waals surface area (Å²) >= 11 is 0. The lowest BCUT2D eigenvalue weighted by molar-refractivity contribution is -0.150. The Labute approximate surface area is 73.7 Å². The minimum absolute atomic E-state index is 0.0402. The van der Waals surface area contributed by atoms with Crippen LogP contribution in [0.1, 0.15) is 40.0 Å². The summed E-state index contributed by atoms with van der Waals surface area (Å²) in [6.07, 6.45) is 0.924. The van der Waals surface area contributed by atoms with Crippen LogP contribution in [0, 0.1) is 0 Å². The highest BCUT2D eigenvalue weighted by atomic mass is 16.5. The summed E-state index contributed by atoms with van der Waals surface area (Å²) in [7, 11) is 0. The quantitative estimate of drug-likeness (QED) is 0.642. The molecule has 1 N–H and O–H groups in total. The first kappa shape index (κ1) is 11.4. The predicted molar refractivity (Wildman–Crippen MR) is 46.8 cm³/mol. The van der Waals surface area contributed by atoms with E-state index in [2.05, 4.69) is 0 Å². The molecule has 0 aliphatic heterocycles. The average molecular weight is 174 g/mol. The summed E-state index contributed by atoms with van der Waals surface area (Å²) < 4.78 is 4.97. The molecule has 0 aliphatic rings. The number of aliphatic hydroxyl groups is 1. The Balaban J connectivity index is 3.59. The maximum atomic E-state index is 11.0. The largest absolute Gasteiger partial charge is 0.463 e. The summed E-state index contributed by atoms with van der Waals surface area (Å²) in [6.45, 7) is 5.63. The third-order valence-corrected chi connectivity index (χ3v) is 1.78. The zero-order chi connectivity index (χ0) is 9.56. The molecule has 0 aromatic rings. The molecule has 0 rings (SSSR count). The summed E-state index contributed by atoms with van der Waals surface area (Å²) in [5.41, 5.74) is 0. The topological polar surface area (TPSA) is 46.5 Å². The second-order valence-corrected chi connectivity index (χ2v) is 2.97. The molecule has 0 aromatic heterocycles. The Kier molecular flexibility index (Phi) is 5.72. The molecule has 0 radical (unpaired) electrons. The zero-order valence-electron chi connectivity index (χ0n) is 8.04. The molecule has 2 atom stereocenters. The summed E-state index contributed by atoms with van der Waals surface area (Å²) in [5.74, 6) is -0.307. The Bertz CT molecular complexity index is 120. The van der Waals surface area contributed by atoms with E-state index in [4.69, 9.17) is 9.84 Å². The van der Waals surface area contributed by atoms with E-state index >= 15 is 0 Å². The number of rotatable bonds is 5. The average Bonchev–Trinajstić information content (AvgIpc) is 2.03. The van der Waals surface area contributed by atoms with Crippen molar-refractivity contribution in [3.05, 3.63) is 0 Å². The van der Waals surface area contributed by atoms with E-state index in [0.717, 1.165) is 6.42 Å². The van der Waals surface area contributed by atoms with Crippen molar-refractivity contribution in [1.29, 1.82) is 0 Å². The normalized spacial score (nSPS) is 15.3. The van der Waals surface area contributed by atoms with Crippen molar-refractivity contribution in [3.8, 4) is 0 Å². The van der Waals surface area contributed by atoms with Gasteiger partial charge in [-0.05, 0) is 19.8 Å². The van der Waals surface area contributed by atoms with E-state index in [1.54, 1.807) is 0 Å². The minimum atomic E-state index is -0.554. The van der Waals surface area contributed by atoms with Gasteiger partial charge in [0, 0.05) is 0 Å². The number of esters is 1. The zero-order valence-corrected chi connectivity index (χ0v) is 8.04. The molecule has 72 valence electrons. The molecule has 0 spiro atoms. The number of ether oxygens (including phenoxy) is 1. The monoisotopic (exact) mass is 174 g/mol. The van der Waals surface area contributed by atoms with Crippen LogP contribution in [-0.2, 0) is 9.53 Å². The standard InChI is InChI=1S/C9H18O3/c1-4-7(3)12-9(11)6-8(10)5-2/h7-8,10H,4-6H2,1-3H3. The van der Waals surface area contributed by atoms with Gasteiger partial charge in [0.25, 0.3) is 0 Å². The molecule has 0 bridgehead atoms. The Morgan fingerprint density at radius 3 is 2.42 bits per heavy atom. The van der Waals surface area contributed by atoms with Crippen LogP contribution in [0.5, 0.6) is 0 Å². The maximum absolute atomic E-state index is 11.0. The van der Waals surface area contributed by atoms with Crippen LogP contribution in [0.3, 0.4) is 0 Å². The first-order chi connectivity index (χ1) is 5.60. The van der Waals surface area contributed by atoms with Gasteiger partial charge >= 0.3 is 5.97 Å². The van der Waals surface area contributed by atoms with Gasteiger partial charge in [0.1, 0.15) is 0 Å². The van der Waals surface area contributed by atoms with Crippen molar-refractivity contribution in [2.24, 2.45) is 0 Å². The van der Waals surface area contributed by atoms with Crippen LogP contribution >= 0.6 is 0 Å². The molecule has 0 aromatic carbocycles. The molecule has 0 saturated heterocycles. The van der Waals surface area contributed by atoms with Crippen molar-refractivity contribution >= 4 is 5.97 Å². The Hall–Kier alpha value is -0.570. The third-order valence-electron chi connectivity index (χ3n) is 1.78. The fourth-order valence-corrected chi connectivity index (χ4v) is 0.693. The SMILES string of the molecule is CCC(O)CC(=O)OC(C)CC. The van der Waals surface area contributed by atoms with Gasteiger partial charge in [-0.2, -0.15) is 0 Å². The summed E-state index contributed by atoms with van der Waals surface area (Å²) in [4.78, 5) is 11.0. The van der Waals surface area contributed by atoms with E-state index in [1.807, 2.05) is 20.8 Å². The maximum Gasteiger partial charge on any atom is 0.308 e. The van der Waals surface area contributed by atoms with Gasteiger partial charge < -0.3 is 9.84 Å². The number of carbonyl (C=O) groups is 1. The van der Waals surface area contributed by atoms with Crippen LogP contribution in [0.15, 0.2) is 0 Å². The summed E-state index contributed by atoms with van der Waals surface area (Å²) in [5, 5.41) is 9.11. The van der Waals surface area contributed by atoms with Gasteiger partial charge in [0.05, 0.1) is 18.6 Å². The fraction of sp³-hybridized carbons (Fsp3) is 0.889. The number of aliphatic hydroxyl groups excluding tert-OH is 1. The van der Waals surface area contributed by atoms with Crippen molar-refractivity contribution < 1.29 is 14.6 Å². The lowest BCUT2D eigenvalue weighted by atomic mass is 10.2. The van der Waals surface area contributed by atoms with Crippen LogP contribution in [-0.4, -0.2) is 23.3 Å². The molecule has 12 heavy (non-hydrogen) atoms. The molecule has 3 heteroatoms. The highest BCUT2D eigenvalue weighted by Gasteiger charge is 2.11. The van der Waals surface area contributed by atoms with Crippen molar-refractivity contribution in [2.75, 3.05) is 0 Å². The molecular formula is C9H18O3.